The van der Waals surface area contributed by atoms with Crippen molar-refractivity contribution in [1.29, 1.82) is 0 Å². The van der Waals surface area contributed by atoms with Gasteiger partial charge in [-0.3, -0.25) is 9.52 Å². The molecule has 0 saturated heterocycles. The SMILES string of the molecule is CCOc1ccc(NS(=O)(=O)c2ccc(OC)c(NC(=O)c3ccc(C)cc3)c2)cc1. The van der Waals surface area contributed by atoms with E-state index in [1.807, 2.05) is 26.0 Å². The van der Waals surface area contributed by atoms with Crippen molar-refractivity contribution < 1.29 is 22.7 Å². The molecule has 1 amide bonds. The van der Waals surface area contributed by atoms with Gasteiger partial charge < -0.3 is 14.8 Å². The molecule has 0 fully saturated rings. The Bertz CT molecular complexity index is 1160. The first-order chi connectivity index (χ1) is 14.8. The highest BCUT2D eigenvalue weighted by Crippen LogP contribution is 2.29. The van der Waals surface area contributed by atoms with Gasteiger partial charge in [0.05, 0.1) is 24.3 Å². The highest BCUT2D eigenvalue weighted by atomic mass is 32.2. The Morgan fingerprint density at radius 3 is 2.26 bits per heavy atom. The van der Waals surface area contributed by atoms with Crippen molar-refractivity contribution in [3.05, 3.63) is 77.9 Å². The second kappa shape index (κ2) is 9.53. The van der Waals surface area contributed by atoms with Crippen LogP contribution in [-0.2, 0) is 10.0 Å². The van der Waals surface area contributed by atoms with Crippen LogP contribution in [0.25, 0.3) is 0 Å². The van der Waals surface area contributed by atoms with Gasteiger partial charge in [0.15, 0.2) is 0 Å². The molecule has 0 radical (unpaired) electrons. The molecule has 0 saturated carbocycles. The maximum Gasteiger partial charge on any atom is 0.261 e. The fourth-order valence-corrected chi connectivity index (χ4v) is 3.94. The van der Waals surface area contributed by atoms with Crippen molar-refractivity contribution in [1.82, 2.24) is 0 Å². The molecule has 0 spiro atoms. The highest BCUT2D eigenvalue weighted by Gasteiger charge is 2.18. The van der Waals surface area contributed by atoms with Crippen LogP contribution < -0.4 is 19.5 Å². The number of aryl methyl sites for hydroxylation is 1. The van der Waals surface area contributed by atoms with Gasteiger partial charge in [0.2, 0.25) is 0 Å². The van der Waals surface area contributed by atoms with Gasteiger partial charge in [0, 0.05) is 11.3 Å². The van der Waals surface area contributed by atoms with E-state index in [4.69, 9.17) is 9.47 Å². The third-order valence-electron chi connectivity index (χ3n) is 4.46. The molecule has 3 aromatic rings. The molecule has 3 rings (SSSR count). The number of hydrogen-bond acceptors (Lipinski definition) is 5. The van der Waals surface area contributed by atoms with Gasteiger partial charge in [0.25, 0.3) is 15.9 Å². The number of ether oxygens (including phenoxy) is 2. The Morgan fingerprint density at radius 1 is 0.968 bits per heavy atom. The summed E-state index contributed by atoms with van der Waals surface area (Å²) in [4.78, 5) is 12.6. The summed E-state index contributed by atoms with van der Waals surface area (Å²) in [5.41, 5.74) is 2.13. The van der Waals surface area contributed by atoms with Gasteiger partial charge in [0.1, 0.15) is 11.5 Å². The summed E-state index contributed by atoms with van der Waals surface area (Å²) in [6.45, 7) is 4.32. The lowest BCUT2D eigenvalue weighted by atomic mass is 10.1. The normalized spacial score (nSPS) is 10.9. The molecule has 3 aromatic carbocycles. The second-order valence-electron chi connectivity index (χ2n) is 6.75. The topological polar surface area (TPSA) is 93.7 Å². The van der Waals surface area contributed by atoms with Crippen molar-refractivity contribution >= 4 is 27.3 Å². The number of amides is 1. The van der Waals surface area contributed by atoms with Crippen molar-refractivity contribution in [2.75, 3.05) is 23.8 Å². The minimum Gasteiger partial charge on any atom is -0.495 e. The van der Waals surface area contributed by atoms with Crippen molar-refractivity contribution in [2.24, 2.45) is 0 Å². The first kappa shape index (κ1) is 22.2. The third kappa shape index (κ3) is 5.55. The Morgan fingerprint density at radius 2 is 1.65 bits per heavy atom. The number of nitrogens with one attached hydrogen (secondary N) is 2. The standard InChI is InChI=1S/C23H24N2O5S/c1-4-30-19-11-9-18(10-12-19)25-31(27,28)20-13-14-22(29-3)21(15-20)24-23(26)17-7-5-16(2)6-8-17/h5-15,25H,4H2,1-3H3,(H,24,26). The zero-order valence-corrected chi connectivity index (χ0v) is 18.3. The summed E-state index contributed by atoms with van der Waals surface area (Å²) in [5, 5.41) is 2.72. The molecule has 0 aliphatic rings. The lowest BCUT2D eigenvalue weighted by molar-refractivity contribution is 0.102. The van der Waals surface area contributed by atoms with E-state index in [2.05, 4.69) is 10.0 Å². The molecule has 8 heteroatoms. The maximum absolute atomic E-state index is 12.9. The third-order valence-corrected chi connectivity index (χ3v) is 5.84. The van der Waals surface area contributed by atoms with E-state index < -0.39 is 10.0 Å². The summed E-state index contributed by atoms with van der Waals surface area (Å²) in [6.07, 6.45) is 0. The number of carbonyl (C=O) groups excluding carboxylic acids is 1. The van der Waals surface area contributed by atoms with Gasteiger partial charge in [-0.25, -0.2) is 8.42 Å². The van der Waals surface area contributed by atoms with Crippen LogP contribution in [0.5, 0.6) is 11.5 Å². The van der Waals surface area contributed by atoms with Crippen LogP contribution in [0.3, 0.4) is 0 Å². The number of carbonyl (C=O) groups is 1. The van der Waals surface area contributed by atoms with E-state index in [9.17, 15) is 13.2 Å². The summed E-state index contributed by atoms with van der Waals surface area (Å²) >= 11 is 0. The molecule has 0 aliphatic carbocycles. The van der Waals surface area contributed by atoms with Gasteiger partial charge in [-0.2, -0.15) is 0 Å². The maximum atomic E-state index is 12.9. The predicted octanol–water partition coefficient (Wildman–Crippen LogP) is 4.46. The Labute approximate surface area is 182 Å². The summed E-state index contributed by atoms with van der Waals surface area (Å²) in [6, 6.07) is 17.9. The molecule has 162 valence electrons. The summed E-state index contributed by atoms with van der Waals surface area (Å²) in [7, 11) is -2.44. The molecule has 0 aliphatic heterocycles. The van der Waals surface area contributed by atoms with Gasteiger partial charge in [-0.05, 0) is 68.4 Å². The summed E-state index contributed by atoms with van der Waals surface area (Å²) in [5.74, 6) is 0.629. The molecular formula is C23H24N2O5S. The minimum atomic E-state index is -3.89. The van der Waals surface area contributed by atoms with E-state index in [0.717, 1.165) is 5.56 Å². The Balaban J connectivity index is 1.84. The zero-order valence-electron chi connectivity index (χ0n) is 17.5. The quantitative estimate of drug-likeness (QED) is 0.540. The van der Waals surface area contributed by atoms with Crippen LogP contribution in [-0.4, -0.2) is 28.0 Å². The number of rotatable bonds is 8. The van der Waals surface area contributed by atoms with Crippen LogP contribution in [0, 0.1) is 6.92 Å². The Kier molecular flexibility index (Phi) is 6.81. The number of benzene rings is 3. The highest BCUT2D eigenvalue weighted by molar-refractivity contribution is 7.92. The smallest absolute Gasteiger partial charge is 0.261 e. The molecule has 0 heterocycles. The van der Waals surface area contributed by atoms with E-state index in [-0.39, 0.29) is 16.5 Å². The average molecular weight is 441 g/mol. The first-order valence-corrected chi connectivity index (χ1v) is 11.1. The zero-order chi connectivity index (χ0) is 22.4. The molecule has 7 nitrogen and oxygen atoms in total. The minimum absolute atomic E-state index is 0.0126. The molecule has 0 bridgehead atoms. The monoisotopic (exact) mass is 440 g/mol. The summed E-state index contributed by atoms with van der Waals surface area (Å²) < 4.78 is 38.9. The fourth-order valence-electron chi connectivity index (χ4n) is 2.85. The van der Waals surface area contributed by atoms with E-state index in [1.54, 1.807) is 36.4 Å². The van der Waals surface area contributed by atoms with Crippen LogP contribution in [0.1, 0.15) is 22.8 Å². The molecule has 0 aromatic heterocycles. The first-order valence-electron chi connectivity index (χ1n) is 9.64. The molecule has 31 heavy (non-hydrogen) atoms. The lowest BCUT2D eigenvalue weighted by Gasteiger charge is -2.14. The van der Waals surface area contributed by atoms with Crippen LogP contribution in [0.2, 0.25) is 0 Å². The van der Waals surface area contributed by atoms with Crippen molar-refractivity contribution in [3.8, 4) is 11.5 Å². The number of hydrogen-bond donors (Lipinski definition) is 2. The van der Waals surface area contributed by atoms with Gasteiger partial charge in [-0.1, -0.05) is 17.7 Å². The van der Waals surface area contributed by atoms with E-state index in [0.29, 0.717) is 29.4 Å². The van der Waals surface area contributed by atoms with Crippen molar-refractivity contribution in [3.63, 3.8) is 0 Å². The van der Waals surface area contributed by atoms with Crippen LogP contribution in [0.4, 0.5) is 11.4 Å². The number of sulfonamides is 1. The largest absolute Gasteiger partial charge is 0.495 e. The average Bonchev–Trinajstić information content (AvgIpc) is 2.75. The van der Waals surface area contributed by atoms with E-state index >= 15 is 0 Å². The second-order valence-corrected chi connectivity index (χ2v) is 8.43. The van der Waals surface area contributed by atoms with Gasteiger partial charge >= 0.3 is 0 Å². The Hall–Kier alpha value is -3.52. The van der Waals surface area contributed by atoms with Gasteiger partial charge in [-0.15, -0.1) is 0 Å². The van der Waals surface area contributed by atoms with E-state index in [1.165, 1.54) is 25.3 Å². The van der Waals surface area contributed by atoms with Crippen LogP contribution >= 0.6 is 0 Å². The number of methoxy groups -OCH3 is 1. The fraction of sp³-hybridized carbons (Fsp3) is 0.174. The van der Waals surface area contributed by atoms with Crippen molar-refractivity contribution in [2.45, 2.75) is 18.7 Å². The molecular weight excluding hydrogens is 416 g/mol. The van der Waals surface area contributed by atoms with Crippen LogP contribution in [0.15, 0.2) is 71.6 Å². The molecule has 2 N–H and O–H groups in total. The predicted molar refractivity (Wildman–Crippen MR) is 121 cm³/mol. The molecule has 0 atom stereocenters. The number of anilines is 2. The molecule has 0 unspecified atom stereocenters. The lowest BCUT2D eigenvalue weighted by Crippen LogP contribution is -2.15.